The number of halogens is 1. The molecular weight excluding hydrogens is 669 g/mol. The van der Waals surface area contributed by atoms with Gasteiger partial charge in [-0.3, -0.25) is 9.29 Å². The smallest absolute Gasteiger partial charge is 0.338 e. The Morgan fingerprint density at radius 2 is 1.90 bits per heavy atom. The van der Waals surface area contributed by atoms with Gasteiger partial charge in [0, 0.05) is 60.5 Å². The first kappa shape index (κ1) is 35.8. The van der Waals surface area contributed by atoms with E-state index >= 15 is 0 Å². The Balaban J connectivity index is 0.000000335. The first-order chi connectivity index (χ1) is 23.3. The van der Waals surface area contributed by atoms with Crippen molar-refractivity contribution in [2.75, 3.05) is 38.8 Å². The molecule has 3 heterocycles. The van der Waals surface area contributed by atoms with Gasteiger partial charge in [-0.1, -0.05) is 19.1 Å². The van der Waals surface area contributed by atoms with Crippen molar-refractivity contribution in [1.29, 1.82) is 5.26 Å². The monoisotopic (exact) mass is 708 g/mol. The molecule has 3 aliphatic rings. The second kappa shape index (κ2) is 15.4. The van der Waals surface area contributed by atoms with E-state index in [1.807, 2.05) is 18.2 Å². The van der Waals surface area contributed by atoms with Gasteiger partial charge in [0.15, 0.2) is 11.5 Å². The zero-order valence-corrected chi connectivity index (χ0v) is 28.9. The van der Waals surface area contributed by atoms with Crippen LogP contribution in [0.3, 0.4) is 0 Å². The molecule has 4 aromatic rings. The molecule has 3 aromatic carbocycles. The molecule has 0 bridgehead atoms. The molecule has 2 N–H and O–H groups in total. The van der Waals surface area contributed by atoms with Crippen molar-refractivity contribution in [3.05, 3.63) is 83.3 Å². The predicted octanol–water partition coefficient (Wildman–Crippen LogP) is 5.15. The number of nitriles is 1. The quantitative estimate of drug-likeness (QED) is 0.144. The van der Waals surface area contributed by atoms with Crippen LogP contribution in [-0.2, 0) is 39.9 Å². The van der Waals surface area contributed by atoms with Crippen LogP contribution in [0, 0.1) is 23.6 Å². The number of para-hydroxylation sites is 1. The maximum Gasteiger partial charge on any atom is 0.338 e. The Kier molecular flexibility index (Phi) is 11.3. The normalized spacial score (nSPS) is 19.6. The topological polar surface area (TPSA) is 133 Å². The molecule has 2 aliphatic heterocycles. The Labute approximate surface area is 295 Å². The van der Waals surface area contributed by atoms with Gasteiger partial charge in [0.25, 0.3) is 0 Å². The zero-order chi connectivity index (χ0) is 33.9. The van der Waals surface area contributed by atoms with Gasteiger partial charge >= 0.3 is 5.97 Å². The first-order valence-electron chi connectivity index (χ1n) is 16.0. The number of rotatable bonds is 8. The first-order valence-corrected chi connectivity index (χ1v) is 16.0. The number of piperazine rings is 1. The summed E-state index contributed by atoms with van der Waals surface area (Å²) < 4.78 is 31.4. The molecule has 1 aliphatic carbocycles. The van der Waals surface area contributed by atoms with E-state index in [9.17, 15) is 19.4 Å². The summed E-state index contributed by atoms with van der Waals surface area (Å²) in [6.45, 7) is 5.36. The minimum atomic E-state index is -0.418. The fraction of sp³-hybridized carbons (Fsp3) is 0.389. The van der Waals surface area contributed by atoms with E-state index in [1.165, 1.54) is 19.2 Å². The van der Waals surface area contributed by atoms with E-state index in [2.05, 4.69) is 14.4 Å². The molecule has 258 valence electrons. The van der Waals surface area contributed by atoms with Crippen molar-refractivity contribution < 1.29 is 51.0 Å². The number of anilines is 1. The fourth-order valence-corrected chi connectivity index (χ4v) is 6.67. The maximum absolute atomic E-state index is 12.9. The number of ether oxygens (including phenoxy) is 3. The van der Waals surface area contributed by atoms with Crippen LogP contribution in [0.4, 0.5) is 10.1 Å². The molecule has 0 amide bonds. The Morgan fingerprint density at radius 3 is 2.51 bits per heavy atom. The van der Waals surface area contributed by atoms with E-state index in [1.54, 1.807) is 44.7 Å². The molecule has 2 saturated heterocycles. The van der Waals surface area contributed by atoms with Crippen molar-refractivity contribution in [3.8, 4) is 23.3 Å². The van der Waals surface area contributed by atoms with Gasteiger partial charge in [-0.25, -0.2) is 9.78 Å². The van der Waals surface area contributed by atoms with Crippen molar-refractivity contribution in [3.63, 3.8) is 0 Å². The summed E-state index contributed by atoms with van der Waals surface area (Å²) in [4.78, 5) is 22.0. The van der Waals surface area contributed by atoms with Crippen molar-refractivity contribution >= 4 is 22.7 Å². The molecule has 3 atom stereocenters. The number of methoxy groups -OCH3 is 2. The molecule has 1 saturated carbocycles. The Hall–Kier alpha value is -4.46. The number of nitrogens with zero attached hydrogens (tertiary/aromatic N) is 5. The van der Waals surface area contributed by atoms with E-state index in [-0.39, 0.29) is 46.8 Å². The summed E-state index contributed by atoms with van der Waals surface area (Å²) in [5.41, 5.74) is 3.55. The largest absolute Gasteiger partial charge is 0.504 e. The average Bonchev–Trinajstić information content (AvgIpc) is 3.40. The number of imidazole rings is 1. The summed E-state index contributed by atoms with van der Waals surface area (Å²) in [5, 5.41) is 28.9. The van der Waals surface area contributed by atoms with Gasteiger partial charge < -0.3 is 33.9 Å². The van der Waals surface area contributed by atoms with Gasteiger partial charge in [0.05, 0.1) is 56.2 Å². The van der Waals surface area contributed by atoms with Gasteiger partial charge in [-0.05, 0) is 43.5 Å². The third-order valence-electron chi connectivity index (χ3n) is 9.51. The third kappa shape index (κ3) is 7.15. The number of benzene rings is 3. The van der Waals surface area contributed by atoms with Gasteiger partial charge in [-0.2, -0.15) is 23.3 Å². The van der Waals surface area contributed by atoms with E-state index in [0.717, 1.165) is 55.8 Å². The van der Waals surface area contributed by atoms with Crippen LogP contribution >= 0.6 is 0 Å². The molecule has 1 aromatic heterocycles. The number of phenols is 2. The van der Waals surface area contributed by atoms with Crippen LogP contribution in [0.15, 0.2) is 48.5 Å². The maximum atomic E-state index is 12.9. The standard InChI is InChI=1S/C27H32N4O6.C9H7FN.Cr/c1-35-23-13-16(27(34)36-2)12-21-25(23)28-24(31(21)14-17-8-11-37-17)15-29-9-10-30(19-7-6-18(19)29)20-4-3-5-22(32)26(20)33;1-2-8-4-3-7(6-11)5-9(8)10;/h3-5,12-13,17-19,32-33H,6-11,14-15H2,1-2H3;2-5H,1H3;/q;-1;. The number of carbonyl (C=O) groups excluding carboxylic acids is 1. The Morgan fingerprint density at radius 1 is 1.12 bits per heavy atom. The number of aromatic hydroxyl groups is 2. The molecule has 11 nitrogen and oxygen atoms in total. The number of carbonyl (C=O) groups is 1. The summed E-state index contributed by atoms with van der Waals surface area (Å²) >= 11 is 0. The SMILES string of the molecule is COC(=O)c1cc(OC)c2nc(CN3CCN(c4cccc(O)c4O)C4CCC43)n(CC3CCO3)c2c1.C[CH-]c1ccc(C#N)cc1F.[Cr]. The second-order valence-corrected chi connectivity index (χ2v) is 12.1. The number of esters is 1. The molecule has 49 heavy (non-hydrogen) atoms. The molecule has 3 fully saturated rings. The number of phenolic OH excluding ortho intramolecular Hbond substituents is 2. The van der Waals surface area contributed by atoms with Crippen molar-refractivity contribution in [2.24, 2.45) is 0 Å². The van der Waals surface area contributed by atoms with Crippen LogP contribution in [0.5, 0.6) is 17.2 Å². The van der Waals surface area contributed by atoms with E-state index < -0.39 is 5.97 Å². The zero-order valence-electron chi connectivity index (χ0n) is 27.6. The summed E-state index contributed by atoms with van der Waals surface area (Å²) in [6, 6.07) is 15.5. The molecule has 13 heteroatoms. The number of aromatic nitrogens is 2. The van der Waals surface area contributed by atoms with Crippen molar-refractivity contribution in [1.82, 2.24) is 14.5 Å². The fourth-order valence-electron chi connectivity index (χ4n) is 6.67. The molecular formula is C36H39CrFN5O6-. The van der Waals surface area contributed by atoms with Crippen LogP contribution in [0.1, 0.15) is 53.5 Å². The van der Waals surface area contributed by atoms with Crippen molar-refractivity contribution in [2.45, 2.75) is 57.5 Å². The van der Waals surface area contributed by atoms with Gasteiger partial charge in [-0.15, -0.1) is 6.07 Å². The number of hydrogen-bond donors (Lipinski definition) is 2. The minimum Gasteiger partial charge on any atom is -0.504 e. The summed E-state index contributed by atoms with van der Waals surface area (Å²) in [5.74, 6) is 0.535. The average molecular weight is 709 g/mol. The third-order valence-corrected chi connectivity index (χ3v) is 9.51. The summed E-state index contributed by atoms with van der Waals surface area (Å²) in [7, 11) is 2.95. The van der Waals surface area contributed by atoms with Gasteiger partial charge in [0.1, 0.15) is 17.1 Å². The van der Waals surface area contributed by atoms with Crippen LogP contribution in [0.2, 0.25) is 0 Å². The van der Waals surface area contributed by atoms with Gasteiger partial charge in [0.2, 0.25) is 0 Å². The van der Waals surface area contributed by atoms with E-state index in [0.29, 0.717) is 47.3 Å². The minimum absolute atomic E-state index is 0. The molecule has 7 rings (SSSR count). The van der Waals surface area contributed by atoms with E-state index in [4.69, 9.17) is 24.5 Å². The molecule has 0 radical (unpaired) electrons. The number of hydrogen-bond acceptors (Lipinski definition) is 10. The van der Waals surface area contributed by atoms with Crippen LogP contribution in [-0.4, -0.2) is 82.7 Å². The molecule has 0 spiro atoms. The number of fused-ring (bicyclic) bond motifs is 2. The molecule has 3 unspecified atom stereocenters. The van der Waals surface area contributed by atoms with Crippen LogP contribution < -0.4 is 9.64 Å². The predicted molar refractivity (Wildman–Crippen MR) is 177 cm³/mol. The second-order valence-electron chi connectivity index (χ2n) is 12.1. The Bertz CT molecular complexity index is 1860. The summed E-state index contributed by atoms with van der Waals surface area (Å²) in [6.07, 6.45) is 4.85. The van der Waals surface area contributed by atoms with Crippen LogP contribution in [0.25, 0.3) is 11.0 Å².